The molecule has 8 heteroatoms. The van der Waals surface area contributed by atoms with Crippen molar-refractivity contribution < 1.29 is 9.16 Å². The molecular weight excluding hydrogens is 620 g/mol. The predicted octanol–water partition coefficient (Wildman–Crippen LogP) is 7.62. The highest BCUT2D eigenvalue weighted by Crippen LogP contribution is 2.45. The highest BCUT2D eigenvalue weighted by atomic mass is 35.5. The summed E-state index contributed by atoms with van der Waals surface area (Å²) in [6, 6.07) is 28.6. The Labute approximate surface area is 284 Å². The molecule has 2 aliphatic carbocycles. The molecule has 3 aromatic carbocycles. The monoisotopic (exact) mass is 662 g/mol. The van der Waals surface area contributed by atoms with Crippen LogP contribution in [0.2, 0.25) is 5.04 Å². The fourth-order valence-electron chi connectivity index (χ4n) is 7.01. The second-order valence-corrected chi connectivity index (χ2v) is 18.0. The van der Waals surface area contributed by atoms with Crippen LogP contribution < -0.4 is 30.6 Å². The van der Waals surface area contributed by atoms with Gasteiger partial charge in [0, 0.05) is 17.4 Å². The smallest absolute Gasteiger partial charge is 0.320 e. The van der Waals surface area contributed by atoms with Crippen molar-refractivity contribution in [2.75, 3.05) is 12.4 Å². The normalized spacial score (nSPS) is 20.0. The fraction of sp³-hybridized carbons (Fsp3) is 0.282. The van der Waals surface area contributed by atoms with Crippen LogP contribution in [0.3, 0.4) is 0 Å². The van der Waals surface area contributed by atoms with Crippen LogP contribution in [0, 0.1) is 0 Å². The molecule has 6 nitrogen and oxygen atoms in total. The second kappa shape index (κ2) is 13.5. The van der Waals surface area contributed by atoms with Crippen LogP contribution in [-0.4, -0.2) is 31.4 Å². The number of ether oxygens (including phenoxy) is 1. The Hall–Kier alpha value is -4.17. The Morgan fingerprint density at radius 3 is 2.13 bits per heavy atom. The van der Waals surface area contributed by atoms with Crippen LogP contribution in [-0.2, 0) is 5.54 Å². The zero-order valence-electron chi connectivity index (χ0n) is 27.5. The second-order valence-electron chi connectivity index (χ2n) is 13.3. The third-order valence-electron chi connectivity index (χ3n) is 9.30. The van der Waals surface area contributed by atoms with Crippen molar-refractivity contribution in [2.24, 2.45) is 5.73 Å². The van der Waals surface area contributed by atoms with Crippen LogP contribution in [0.4, 0.5) is 5.95 Å². The van der Waals surface area contributed by atoms with Crippen molar-refractivity contribution in [3.8, 4) is 11.5 Å². The molecule has 2 atom stereocenters. The number of halogens is 1. The van der Waals surface area contributed by atoms with E-state index in [1.54, 1.807) is 25.6 Å². The minimum Gasteiger partial charge on any atom is -0.531 e. The summed E-state index contributed by atoms with van der Waals surface area (Å²) in [5.41, 5.74) is 9.62. The summed E-state index contributed by atoms with van der Waals surface area (Å²) in [5, 5.41) is 6.27. The predicted molar refractivity (Wildman–Crippen MR) is 195 cm³/mol. The van der Waals surface area contributed by atoms with Crippen LogP contribution >= 0.6 is 11.6 Å². The van der Waals surface area contributed by atoms with Gasteiger partial charge in [-0.25, -0.2) is 9.97 Å². The number of rotatable bonds is 9. The van der Waals surface area contributed by atoms with Gasteiger partial charge in [0.25, 0.3) is 0 Å². The number of nitrogens with two attached hydrogens (primary N) is 1. The molecule has 0 fully saturated rings. The molecule has 0 saturated heterocycles. The number of nitrogens with zero attached hydrogens (tertiary/aromatic N) is 2. The van der Waals surface area contributed by atoms with E-state index in [1.165, 1.54) is 22.4 Å². The molecule has 47 heavy (non-hydrogen) atoms. The summed E-state index contributed by atoms with van der Waals surface area (Å²) in [6.45, 7) is 6.79. The van der Waals surface area contributed by atoms with Gasteiger partial charge in [-0.2, -0.15) is 0 Å². The average molecular weight is 663 g/mol. The molecule has 0 saturated carbocycles. The van der Waals surface area contributed by atoms with Gasteiger partial charge in [-0.05, 0) is 88.2 Å². The molecule has 3 N–H and O–H groups in total. The quantitative estimate of drug-likeness (QED) is 0.180. The van der Waals surface area contributed by atoms with E-state index in [1.807, 2.05) is 42.5 Å². The first-order chi connectivity index (χ1) is 22.7. The number of hydrogen-bond donors (Lipinski definition) is 2. The maximum absolute atomic E-state index is 7.56. The third kappa shape index (κ3) is 6.40. The van der Waals surface area contributed by atoms with Gasteiger partial charge in [-0.1, -0.05) is 105 Å². The van der Waals surface area contributed by atoms with E-state index in [-0.39, 0.29) is 5.04 Å². The van der Waals surface area contributed by atoms with E-state index >= 15 is 0 Å². The van der Waals surface area contributed by atoms with Gasteiger partial charge in [0.15, 0.2) is 5.75 Å². The van der Waals surface area contributed by atoms with Gasteiger partial charge in [-0.15, -0.1) is 0 Å². The van der Waals surface area contributed by atoms with Crippen LogP contribution in [0.15, 0.2) is 132 Å². The Morgan fingerprint density at radius 2 is 1.55 bits per heavy atom. The topological polar surface area (TPSA) is 82.3 Å². The van der Waals surface area contributed by atoms with E-state index in [9.17, 15) is 0 Å². The largest absolute Gasteiger partial charge is 0.531 e. The van der Waals surface area contributed by atoms with E-state index in [2.05, 4.69) is 90.7 Å². The van der Waals surface area contributed by atoms with Gasteiger partial charge in [0.1, 0.15) is 5.75 Å². The molecule has 0 aliphatic heterocycles. The Morgan fingerprint density at radius 1 is 0.894 bits per heavy atom. The number of anilines is 1. The molecule has 1 heterocycles. The summed E-state index contributed by atoms with van der Waals surface area (Å²) in [7, 11) is -1.31. The van der Waals surface area contributed by atoms with E-state index in [0.717, 1.165) is 30.4 Å². The minimum absolute atomic E-state index is 0.247. The van der Waals surface area contributed by atoms with Gasteiger partial charge in [0.05, 0.1) is 18.7 Å². The summed E-state index contributed by atoms with van der Waals surface area (Å²) >= 11 is 6.93. The third-order valence-corrected chi connectivity index (χ3v) is 14.5. The Balaban J connectivity index is 1.52. The molecular formula is C39H43ClN4O2Si. The summed E-state index contributed by atoms with van der Waals surface area (Å²) in [5.74, 6) is 1.77. The molecule has 0 bridgehead atoms. The maximum Gasteiger partial charge on any atom is 0.320 e. The summed E-state index contributed by atoms with van der Waals surface area (Å²) in [4.78, 5) is 9.00. The zero-order chi connectivity index (χ0) is 33.1. The SMILES string of the molecule is COc1ccc(C2(N)C=C(Cl)C=C(C3=CCCCC3)C2Nc2ncccn2)cc1O[Si](c1ccccc1)(c1ccccc1)C(C)(C)C. The van der Waals surface area contributed by atoms with Crippen molar-refractivity contribution in [1.82, 2.24) is 9.97 Å². The zero-order valence-corrected chi connectivity index (χ0v) is 29.3. The van der Waals surface area contributed by atoms with Crippen molar-refractivity contribution in [2.45, 2.75) is 63.1 Å². The van der Waals surface area contributed by atoms with Crippen LogP contribution in [0.1, 0.15) is 52.0 Å². The molecule has 2 aliphatic rings. The first-order valence-corrected chi connectivity index (χ1v) is 18.5. The molecule has 0 spiro atoms. The Kier molecular flexibility index (Phi) is 9.42. The van der Waals surface area contributed by atoms with E-state index in [0.29, 0.717) is 22.5 Å². The highest BCUT2D eigenvalue weighted by Gasteiger charge is 2.53. The number of benzene rings is 3. The summed E-state index contributed by atoms with van der Waals surface area (Å²) < 4.78 is 13.5. The van der Waals surface area contributed by atoms with Gasteiger partial charge < -0.3 is 20.2 Å². The van der Waals surface area contributed by atoms with Crippen LogP contribution in [0.5, 0.6) is 11.5 Å². The molecule has 2 unspecified atom stereocenters. The molecule has 6 rings (SSSR count). The maximum atomic E-state index is 7.56. The number of allylic oxidation sites excluding steroid dienone is 3. The lowest BCUT2D eigenvalue weighted by Gasteiger charge is -2.44. The number of nitrogens with one attached hydrogen (secondary N) is 1. The van der Waals surface area contributed by atoms with E-state index < -0.39 is 19.9 Å². The first kappa shape index (κ1) is 32.8. The fourth-order valence-corrected chi connectivity index (χ4v) is 11.7. The van der Waals surface area contributed by atoms with Crippen molar-refractivity contribution in [3.05, 3.63) is 137 Å². The first-order valence-electron chi connectivity index (χ1n) is 16.3. The molecule has 1 aromatic heterocycles. The van der Waals surface area contributed by atoms with Gasteiger partial charge >= 0.3 is 8.32 Å². The lowest BCUT2D eigenvalue weighted by atomic mass is 9.73. The minimum atomic E-state index is -2.98. The van der Waals surface area contributed by atoms with Gasteiger partial charge in [0.2, 0.25) is 5.95 Å². The lowest BCUT2D eigenvalue weighted by Crippen LogP contribution is -2.68. The lowest BCUT2D eigenvalue weighted by molar-refractivity contribution is 0.386. The summed E-state index contributed by atoms with van der Waals surface area (Å²) in [6.07, 6.45) is 14.0. The van der Waals surface area contributed by atoms with Crippen LogP contribution in [0.25, 0.3) is 0 Å². The highest BCUT2D eigenvalue weighted by molar-refractivity contribution is 7.00. The molecule has 0 amide bonds. The molecule has 0 radical (unpaired) electrons. The average Bonchev–Trinajstić information content (AvgIpc) is 3.09. The number of hydrogen-bond acceptors (Lipinski definition) is 6. The van der Waals surface area contributed by atoms with Crippen molar-refractivity contribution >= 4 is 36.2 Å². The van der Waals surface area contributed by atoms with Gasteiger partial charge in [-0.3, -0.25) is 0 Å². The standard InChI is InChI=1S/C39H43ClN4O2Si/c1-38(2,3)47(31-17-10-6-11-18-31,32-19-12-7-13-20-32)46-35-25-29(21-22-34(35)45-4)39(41)27-30(40)26-33(28-15-8-5-9-16-28)36(39)44-37-42-23-14-24-43-37/h6-7,10-15,17-27,36H,5,8-9,16,41H2,1-4H3,(H,42,43,44). The molecule has 4 aromatic rings. The molecule has 242 valence electrons. The van der Waals surface area contributed by atoms with Crippen molar-refractivity contribution in [1.29, 1.82) is 0 Å². The number of methoxy groups -OCH3 is 1. The van der Waals surface area contributed by atoms with E-state index in [4.69, 9.17) is 26.5 Å². The number of aromatic nitrogens is 2. The van der Waals surface area contributed by atoms with Crippen molar-refractivity contribution in [3.63, 3.8) is 0 Å². The Bertz CT molecular complexity index is 1750.